The van der Waals surface area contributed by atoms with Gasteiger partial charge < -0.3 is 4.74 Å². The molecule has 1 rings (SSSR count). The molecular weight excluding hydrogens is 373 g/mol. The molecule has 0 aliphatic carbocycles. The van der Waals surface area contributed by atoms with E-state index in [1.807, 2.05) is 22.6 Å². The second-order valence-corrected chi connectivity index (χ2v) is 6.27. The molecule has 0 aliphatic rings. The smallest absolute Gasteiger partial charge is 0.190 e. The summed E-state index contributed by atoms with van der Waals surface area (Å²) in [6.45, 7) is 2.59. The van der Waals surface area contributed by atoms with Crippen molar-refractivity contribution in [3.05, 3.63) is 27.3 Å². The summed E-state index contributed by atoms with van der Waals surface area (Å²) in [5, 5.41) is 0. The minimum atomic E-state index is -0.617. The van der Waals surface area contributed by atoms with Gasteiger partial charge in [0.1, 0.15) is 0 Å². The lowest BCUT2D eigenvalue weighted by atomic mass is 10.1. The van der Waals surface area contributed by atoms with Crippen molar-refractivity contribution in [2.75, 3.05) is 6.61 Å². The van der Waals surface area contributed by atoms with Crippen molar-refractivity contribution < 1.29 is 13.5 Å². The van der Waals surface area contributed by atoms with Gasteiger partial charge in [0.25, 0.3) is 0 Å². The van der Waals surface area contributed by atoms with Crippen molar-refractivity contribution >= 4 is 22.6 Å². The number of hydrogen-bond donors (Lipinski definition) is 0. The highest BCUT2D eigenvalue weighted by Gasteiger charge is 2.11. The number of hydrogen-bond acceptors (Lipinski definition) is 1. The van der Waals surface area contributed by atoms with E-state index in [1.54, 1.807) is 0 Å². The molecule has 0 fully saturated rings. The van der Waals surface area contributed by atoms with E-state index >= 15 is 0 Å². The molecule has 0 radical (unpaired) electrons. The van der Waals surface area contributed by atoms with Crippen LogP contribution in [-0.2, 0) is 0 Å². The van der Waals surface area contributed by atoms with Gasteiger partial charge in [-0.05, 0) is 41.1 Å². The third-order valence-corrected chi connectivity index (χ3v) is 3.83. The van der Waals surface area contributed by atoms with Gasteiger partial charge in [-0.1, -0.05) is 51.9 Å². The molecule has 0 amide bonds. The number of benzene rings is 1. The van der Waals surface area contributed by atoms with Crippen LogP contribution in [-0.4, -0.2) is 6.61 Å². The average molecular weight is 396 g/mol. The molecule has 0 saturated heterocycles. The molecule has 0 bridgehead atoms. The Morgan fingerprint density at radius 3 is 1.95 bits per heavy atom. The summed E-state index contributed by atoms with van der Waals surface area (Å²) in [5.41, 5.74) is 0. The summed E-state index contributed by atoms with van der Waals surface area (Å²) in [4.78, 5) is 0. The Morgan fingerprint density at radius 2 is 1.40 bits per heavy atom. The topological polar surface area (TPSA) is 9.23 Å². The van der Waals surface area contributed by atoms with Crippen LogP contribution in [0.2, 0.25) is 0 Å². The van der Waals surface area contributed by atoms with Crippen molar-refractivity contribution in [3.8, 4) is 5.75 Å². The summed E-state index contributed by atoms with van der Waals surface area (Å²) >= 11 is 1.88. The maximum atomic E-state index is 13.5. The van der Waals surface area contributed by atoms with E-state index in [2.05, 4.69) is 6.92 Å². The van der Waals surface area contributed by atoms with Crippen molar-refractivity contribution in [2.45, 2.75) is 58.3 Å². The van der Waals surface area contributed by atoms with Gasteiger partial charge in [0.2, 0.25) is 0 Å². The highest BCUT2D eigenvalue weighted by molar-refractivity contribution is 14.1. The Kier molecular flexibility index (Phi) is 9.14. The minimum absolute atomic E-state index is 0.242. The Morgan fingerprint density at radius 1 is 0.900 bits per heavy atom. The van der Waals surface area contributed by atoms with Gasteiger partial charge in [0.15, 0.2) is 17.4 Å². The lowest BCUT2D eigenvalue weighted by molar-refractivity contribution is 0.275. The molecule has 1 aromatic rings. The van der Waals surface area contributed by atoms with Gasteiger partial charge in [-0.2, -0.15) is 0 Å². The largest absolute Gasteiger partial charge is 0.488 e. The first kappa shape index (κ1) is 17.7. The fourth-order valence-electron chi connectivity index (χ4n) is 2.08. The molecule has 0 N–H and O–H groups in total. The first-order valence-electron chi connectivity index (χ1n) is 7.42. The summed E-state index contributed by atoms with van der Waals surface area (Å²) in [5.74, 6) is -1.48. The van der Waals surface area contributed by atoms with E-state index < -0.39 is 11.6 Å². The van der Waals surface area contributed by atoms with Crippen LogP contribution in [0.25, 0.3) is 0 Å². The Balaban J connectivity index is 2.13. The fraction of sp³-hybridized carbons (Fsp3) is 0.625. The van der Waals surface area contributed by atoms with Gasteiger partial charge in [-0.15, -0.1) is 0 Å². The van der Waals surface area contributed by atoms with Crippen LogP contribution in [0.3, 0.4) is 0 Å². The van der Waals surface area contributed by atoms with E-state index in [9.17, 15) is 8.78 Å². The Hall–Kier alpha value is -0.390. The van der Waals surface area contributed by atoms with Crippen LogP contribution in [0.4, 0.5) is 8.78 Å². The zero-order chi connectivity index (χ0) is 14.8. The quantitative estimate of drug-likeness (QED) is 0.344. The third-order valence-electron chi connectivity index (χ3n) is 3.21. The highest BCUT2D eigenvalue weighted by Crippen LogP contribution is 2.24. The molecule has 1 nitrogen and oxygen atoms in total. The molecule has 0 heterocycles. The third kappa shape index (κ3) is 6.86. The number of unbranched alkanes of at least 4 members (excludes halogenated alkanes) is 7. The van der Waals surface area contributed by atoms with Gasteiger partial charge in [-0.25, -0.2) is 8.78 Å². The summed E-state index contributed by atoms with van der Waals surface area (Å²) in [6.07, 6.45) is 9.49. The van der Waals surface area contributed by atoms with Crippen LogP contribution < -0.4 is 4.74 Å². The van der Waals surface area contributed by atoms with Crippen LogP contribution in [0.1, 0.15) is 58.3 Å². The first-order chi connectivity index (χ1) is 9.65. The van der Waals surface area contributed by atoms with Crippen molar-refractivity contribution in [3.63, 3.8) is 0 Å². The van der Waals surface area contributed by atoms with Crippen LogP contribution in [0.5, 0.6) is 5.75 Å². The predicted molar refractivity (Wildman–Crippen MR) is 87.2 cm³/mol. The molecule has 1 aromatic carbocycles. The fourth-order valence-corrected chi connectivity index (χ4v) is 2.62. The molecule has 0 aliphatic heterocycles. The second-order valence-electron chi connectivity index (χ2n) is 5.02. The molecule has 0 spiro atoms. The second kappa shape index (κ2) is 10.4. The Labute approximate surface area is 134 Å². The molecular formula is C16H23F2IO. The molecule has 0 saturated carbocycles. The molecule has 114 valence electrons. The van der Waals surface area contributed by atoms with Gasteiger partial charge >= 0.3 is 0 Å². The number of halogens is 3. The summed E-state index contributed by atoms with van der Waals surface area (Å²) < 4.78 is 32.7. The Bertz CT molecular complexity index is 373. The standard InChI is InChI=1S/C16H23F2IO/c1-2-3-4-5-6-7-8-9-10-20-16-14(17)11-13(19)12-15(16)18/h11-12H,2-10H2,1H3. The van der Waals surface area contributed by atoms with Crippen molar-refractivity contribution in [1.29, 1.82) is 0 Å². The highest BCUT2D eigenvalue weighted by atomic mass is 127. The lowest BCUT2D eigenvalue weighted by Crippen LogP contribution is -2.02. The lowest BCUT2D eigenvalue weighted by Gasteiger charge is -2.08. The minimum Gasteiger partial charge on any atom is -0.488 e. The van der Waals surface area contributed by atoms with Crippen molar-refractivity contribution in [2.24, 2.45) is 0 Å². The molecule has 0 aromatic heterocycles. The molecule has 0 atom stereocenters. The van der Waals surface area contributed by atoms with Crippen LogP contribution in [0.15, 0.2) is 12.1 Å². The summed E-state index contributed by atoms with van der Waals surface area (Å²) in [7, 11) is 0. The number of rotatable bonds is 10. The van der Waals surface area contributed by atoms with E-state index in [0.29, 0.717) is 10.2 Å². The van der Waals surface area contributed by atoms with Crippen LogP contribution >= 0.6 is 22.6 Å². The van der Waals surface area contributed by atoms with Gasteiger partial charge in [0.05, 0.1) is 6.61 Å². The normalized spacial score (nSPS) is 10.8. The maximum Gasteiger partial charge on any atom is 0.190 e. The van der Waals surface area contributed by atoms with Gasteiger partial charge in [0, 0.05) is 3.57 Å². The van der Waals surface area contributed by atoms with Gasteiger partial charge in [-0.3, -0.25) is 0 Å². The monoisotopic (exact) mass is 396 g/mol. The summed E-state index contributed by atoms with van der Waals surface area (Å²) in [6, 6.07) is 2.57. The maximum absolute atomic E-state index is 13.5. The van der Waals surface area contributed by atoms with Crippen molar-refractivity contribution in [1.82, 2.24) is 0 Å². The first-order valence-corrected chi connectivity index (χ1v) is 8.50. The van der Waals surface area contributed by atoms with E-state index in [0.717, 1.165) is 12.8 Å². The zero-order valence-corrected chi connectivity index (χ0v) is 14.2. The van der Waals surface area contributed by atoms with E-state index in [1.165, 1.54) is 50.7 Å². The predicted octanol–water partition coefficient (Wildman–Crippen LogP) is 6.09. The van der Waals surface area contributed by atoms with E-state index in [-0.39, 0.29) is 5.75 Å². The molecule has 4 heteroatoms. The zero-order valence-electron chi connectivity index (χ0n) is 12.1. The number of ether oxygens (including phenoxy) is 1. The van der Waals surface area contributed by atoms with Crippen LogP contribution in [0, 0.1) is 15.2 Å². The SMILES string of the molecule is CCCCCCCCCCOc1c(F)cc(I)cc1F. The molecule has 20 heavy (non-hydrogen) atoms. The molecule has 0 unspecified atom stereocenters. The van der Waals surface area contributed by atoms with E-state index in [4.69, 9.17) is 4.74 Å². The average Bonchev–Trinajstić information content (AvgIpc) is 2.39.